The van der Waals surface area contributed by atoms with E-state index >= 15 is 0 Å². The van der Waals surface area contributed by atoms with Gasteiger partial charge in [-0.3, -0.25) is 9.69 Å². The van der Waals surface area contributed by atoms with Crippen LogP contribution < -0.4 is 4.90 Å². The molecule has 0 unspecified atom stereocenters. The van der Waals surface area contributed by atoms with Gasteiger partial charge in [0.1, 0.15) is 0 Å². The molecule has 0 fully saturated rings. The summed E-state index contributed by atoms with van der Waals surface area (Å²) in [5.41, 5.74) is 6.52. The molecule has 1 aromatic heterocycles. The van der Waals surface area contributed by atoms with Crippen LogP contribution in [0.25, 0.3) is 11.3 Å². The van der Waals surface area contributed by atoms with Gasteiger partial charge in [0.15, 0.2) is 0 Å². The molecule has 0 N–H and O–H groups in total. The second-order valence-electron chi connectivity index (χ2n) is 6.48. The Balaban J connectivity index is 1.99. The van der Waals surface area contributed by atoms with Crippen molar-refractivity contribution in [3.63, 3.8) is 0 Å². The molecular formula is C21H23N3O. The molecule has 0 spiro atoms. The smallest absolute Gasteiger partial charge is 0.260 e. The minimum Gasteiger partial charge on any atom is -0.313 e. The van der Waals surface area contributed by atoms with Gasteiger partial charge in [-0.25, -0.2) is 4.98 Å². The number of imidazole rings is 1. The number of amides is 1. The van der Waals surface area contributed by atoms with Gasteiger partial charge in [-0.15, -0.1) is 0 Å². The summed E-state index contributed by atoms with van der Waals surface area (Å²) in [6.07, 6.45) is 1.83. The maximum atomic E-state index is 12.7. The number of nitrogens with zero attached hydrogens (tertiary/aromatic N) is 3. The van der Waals surface area contributed by atoms with Crippen molar-refractivity contribution in [2.45, 2.75) is 20.8 Å². The predicted octanol–water partition coefficient (Wildman–Crippen LogP) is 4.29. The third-order valence-corrected chi connectivity index (χ3v) is 4.71. The zero-order valence-electron chi connectivity index (χ0n) is 15.4. The molecule has 0 radical (unpaired) electrons. The Morgan fingerprint density at radius 3 is 2.32 bits per heavy atom. The van der Waals surface area contributed by atoms with E-state index in [1.165, 1.54) is 16.7 Å². The summed E-state index contributed by atoms with van der Waals surface area (Å²) in [4.78, 5) is 18.8. The van der Waals surface area contributed by atoms with Crippen LogP contribution in [0.15, 0.2) is 48.7 Å². The molecule has 0 saturated heterocycles. The molecule has 4 heteroatoms. The van der Waals surface area contributed by atoms with Crippen LogP contribution in [-0.2, 0) is 7.05 Å². The first-order valence-electron chi connectivity index (χ1n) is 8.33. The van der Waals surface area contributed by atoms with E-state index < -0.39 is 0 Å². The number of hydrogen-bond donors (Lipinski definition) is 0. The lowest BCUT2D eigenvalue weighted by Crippen LogP contribution is -2.28. The zero-order chi connectivity index (χ0) is 18.1. The number of aromatic nitrogens is 2. The van der Waals surface area contributed by atoms with Crippen LogP contribution in [0.5, 0.6) is 0 Å². The lowest BCUT2D eigenvalue weighted by molar-refractivity contribution is 0.0991. The number of aryl methyl sites for hydroxylation is 3. The van der Waals surface area contributed by atoms with E-state index in [9.17, 15) is 4.79 Å². The highest BCUT2D eigenvalue weighted by Crippen LogP contribution is 2.29. The van der Waals surface area contributed by atoms with Crippen molar-refractivity contribution < 1.29 is 4.79 Å². The van der Waals surface area contributed by atoms with Crippen LogP contribution >= 0.6 is 0 Å². The summed E-state index contributed by atoms with van der Waals surface area (Å²) in [6, 6.07) is 13.6. The minimum absolute atomic E-state index is 0.0716. The second-order valence-corrected chi connectivity index (χ2v) is 6.48. The molecule has 0 saturated carbocycles. The van der Waals surface area contributed by atoms with Gasteiger partial charge in [-0.1, -0.05) is 24.3 Å². The Labute approximate surface area is 148 Å². The first-order valence-corrected chi connectivity index (χ1v) is 8.33. The molecule has 1 amide bonds. The third-order valence-electron chi connectivity index (χ3n) is 4.71. The van der Waals surface area contributed by atoms with Crippen molar-refractivity contribution >= 4 is 11.9 Å². The molecule has 4 nitrogen and oxygen atoms in total. The summed E-state index contributed by atoms with van der Waals surface area (Å²) in [5, 5.41) is 0. The standard InChI is InChI=1S/C21H23N3O/c1-14-11-16(3)18(12-15(14)2)19-13-22-21(23(19)4)24(5)20(25)17-9-7-6-8-10-17/h6-13H,1-5H3. The van der Waals surface area contributed by atoms with E-state index in [1.54, 1.807) is 11.9 Å². The number of carbonyl (C=O) groups is 1. The lowest BCUT2D eigenvalue weighted by atomic mass is 9.99. The van der Waals surface area contributed by atoms with E-state index in [4.69, 9.17) is 0 Å². The molecule has 0 atom stereocenters. The molecule has 0 aliphatic carbocycles. The summed E-state index contributed by atoms with van der Waals surface area (Å²) in [5.74, 6) is 0.555. The highest BCUT2D eigenvalue weighted by molar-refractivity contribution is 6.04. The Morgan fingerprint density at radius 1 is 1.00 bits per heavy atom. The predicted molar refractivity (Wildman–Crippen MR) is 102 cm³/mol. The normalized spacial score (nSPS) is 10.8. The molecule has 128 valence electrons. The van der Waals surface area contributed by atoms with Gasteiger partial charge in [0.25, 0.3) is 5.91 Å². The molecule has 25 heavy (non-hydrogen) atoms. The Kier molecular flexibility index (Phi) is 4.45. The van der Waals surface area contributed by atoms with Crippen molar-refractivity contribution in [2.75, 3.05) is 11.9 Å². The second kappa shape index (κ2) is 6.55. The SMILES string of the molecule is Cc1cc(C)c(-c2cnc(N(C)C(=O)c3ccccc3)n2C)cc1C. The first kappa shape index (κ1) is 17.0. The first-order chi connectivity index (χ1) is 11.9. The lowest BCUT2D eigenvalue weighted by Gasteiger charge is -2.18. The number of anilines is 1. The number of hydrogen-bond acceptors (Lipinski definition) is 2. The molecule has 0 aliphatic rings. The highest BCUT2D eigenvalue weighted by atomic mass is 16.2. The average molecular weight is 333 g/mol. The molecule has 0 bridgehead atoms. The van der Waals surface area contributed by atoms with Gasteiger partial charge < -0.3 is 4.57 Å². The van der Waals surface area contributed by atoms with Gasteiger partial charge in [0.05, 0.1) is 11.9 Å². The monoisotopic (exact) mass is 333 g/mol. The number of carbonyl (C=O) groups excluding carboxylic acids is 1. The van der Waals surface area contributed by atoms with E-state index in [-0.39, 0.29) is 5.91 Å². The molecular weight excluding hydrogens is 310 g/mol. The van der Waals surface area contributed by atoms with Gasteiger partial charge in [-0.05, 0) is 55.7 Å². The molecule has 3 rings (SSSR count). The summed E-state index contributed by atoms with van der Waals surface area (Å²) < 4.78 is 1.97. The van der Waals surface area contributed by atoms with Gasteiger partial charge >= 0.3 is 0 Å². The quantitative estimate of drug-likeness (QED) is 0.717. The van der Waals surface area contributed by atoms with E-state index in [0.717, 1.165) is 11.3 Å². The Hall–Kier alpha value is -2.88. The fraction of sp³-hybridized carbons (Fsp3) is 0.238. The van der Waals surface area contributed by atoms with Crippen molar-refractivity contribution in [1.82, 2.24) is 9.55 Å². The van der Waals surface area contributed by atoms with Crippen LogP contribution in [0.3, 0.4) is 0 Å². The van der Waals surface area contributed by atoms with E-state index in [1.807, 2.05) is 48.1 Å². The van der Waals surface area contributed by atoms with Crippen molar-refractivity contribution in [1.29, 1.82) is 0 Å². The maximum absolute atomic E-state index is 12.7. The summed E-state index contributed by atoms with van der Waals surface area (Å²) in [7, 11) is 3.70. The van der Waals surface area contributed by atoms with E-state index in [0.29, 0.717) is 11.5 Å². The van der Waals surface area contributed by atoms with Crippen LogP contribution in [0.4, 0.5) is 5.95 Å². The van der Waals surface area contributed by atoms with Gasteiger partial charge in [0.2, 0.25) is 5.95 Å². The zero-order valence-corrected chi connectivity index (χ0v) is 15.4. The van der Waals surface area contributed by atoms with Crippen LogP contribution in [-0.4, -0.2) is 22.5 Å². The van der Waals surface area contributed by atoms with Crippen molar-refractivity contribution in [2.24, 2.45) is 7.05 Å². The maximum Gasteiger partial charge on any atom is 0.260 e. The molecule has 2 aromatic carbocycles. The van der Waals surface area contributed by atoms with Gasteiger partial charge in [-0.2, -0.15) is 0 Å². The Bertz CT molecular complexity index is 926. The van der Waals surface area contributed by atoms with Crippen LogP contribution in [0.2, 0.25) is 0 Å². The van der Waals surface area contributed by atoms with Crippen molar-refractivity contribution in [3.8, 4) is 11.3 Å². The number of benzene rings is 2. The Morgan fingerprint density at radius 2 is 1.64 bits per heavy atom. The van der Waals surface area contributed by atoms with Crippen molar-refractivity contribution in [3.05, 3.63) is 70.9 Å². The summed E-state index contributed by atoms with van der Waals surface area (Å²) >= 11 is 0. The fourth-order valence-corrected chi connectivity index (χ4v) is 3.06. The summed E-state index contributed by atoms with van der Waals surface area (Å²) in [6.45, 7) is 6.33. The van der Waals surface area contributed by atoms with Crippen LogP contribution in [0.1, 0.15) is 27.0 Å². The topological polar surface area (TPSA) is 38.1 Å². The largest absolute Gasteiger partial charge is 0.313 e. The van der Waals surface area contributed by atoms with E-state index in [2.05, 4.69) is 37.9 Å². The number of rotatable bonds is 3. The molecule has 3 aromatic rings. The third kappa shape index (κ3) is 3.07. The average Bonchev–Trinajstić information content (AvgIpc) is 2.99. The minimum atomic E-state index is -0.0716. The highest BCUT2D eigenvalue weighted by Gasteiger charge is 2.19. The molecule has 1 heterocycles. The van der Waals surface area contributed by atoms with Crippen LogP contribution in [0, 0.1) is 20.8 Å². The van der Waals surface area contributed by atoms with Gasteiger partial charge in [0, 0.05) is 25.2 Å². The molecule has 0 aliphatic heterocycles. The fourth-order valence-electron chi connectivity index (χ4n) is 3.06.